The van der Waals surface area contributed by atoms with Crippen LogP contribution in [0.15, 0.2) is 30.5 Å². The number of aryl methyl sites for hydroxylation is 1. The number of nitrogens with zero attached hydrogens (tertiary/aromatic N) is 2. The van der Waals surface area contributed by atoms with Crippen LogP contribution in [-0.4, -0.2) is 23.8 Å². The van der Waals surface area contributed by atoms with Crippen LogP contribution < -0.4 is 4.68 Å². The highest BCUT2D eigenvalue weighted by Crippen LogP contribution is 2.12. The Bertz CT molecular complexity index is 658. The second kappa shape index (κ2) is 4.34. The van der Waals surface area contributed by atoms with E-state index in [9.17, 15) is 17.4 Å². The van der Waals surface area contributed by atoms with Gasteiger partial charge in [-0.25, -0.2) is 12.8 Å². The molecular formula is C10H9FN2O3S. The lowest BCUT2D eigenvalue weighted by molar-refractivity contribution is -0.747. The largest absolute Gasteiger partial charge is 0.748 e. The molecule has 0 aliphatic heterocycles. The van der Waals surface area contributed by atoms with Gasteiger partial charge in [0.25, 0.3) is 0 Å². The van der Waals surface area contributed by atoms with E-state index < -0.39 is 21.7 Å². The standard InChI is InChI=1S/C10H9FN2O3S/c11-9-2-1-3-10-8(9)4-5-13(12-10)6-7-17(14,15)16/h1-5H,6-7H2. The number of fused-ring (bicyclic) bond motifs is 1. The molecule has 2 aromatic rings. The summed E-state index contributed by atoms with van der Waals surface area (Å²) in [7, 11) is -4.27. The van der Waals surface area contributed by atoms with Gasteiger partial charge in [-0.05, 0) is 12.1 Å². The highest BCUT2D eigenvalue weighted by molar-refractivity contribution is 7.85. The number of aromatic nitrogens is 2. The fraction of sp³-hybridized carbons (Fsp3) is 0.200. The molecule has 0 saturated carbocycles. The van der Waals surface area contributed by atoms with Crippen LogP contribution in [0.1, 0.15) is 0 Å². The third-order valence-corrected chi connectivity index (χ3v) is 2.93. The summed E-state index contributed by atoms with van der Waals surface area (Å²) in [5.41, 5.74) is 0.413. The summed E-state index contributed by atoms with van der Waals surface area (Å²) < 4.78 is 46.0. The van der Waals surface area contributed by atoms with Crippen molar-refractivity contribution in [2.24, 2.45) is 0 Å². The summed E-state index contributed by atoms with van der Waals surface area (Å²) in [5.74, 6) is -0.926. The van der Waals surface area contributed by atoms with Gasteiger partial charge in [-0.2, -0.15) is 0 Å². The van der Waals surface area contributed by atoms with E-state index in [1.807, 2.05) is 0 Å². The van der Waals surface area contributed by atoms with Crippen molar-refractivity contribution in [3.05, 3.63) is 36.3 Å². The second-order valence-corrected chi connectivity index (χ2v) is 5.04. The van der Waals surface area contributed by atoms with Crippen LogP contribution in [0.25, 0.3) is 10.9 Å². The SMILES string of the molecule is O=S(=O)([O-])CC[n+]1ccc2c(F)cccc2n1. The molecule has 0 saturated heterocycles. The molecule has 5 nitrogen and oxygen atoms in total. The molecule has 1 heterocycles. The Morgan fingerprint density at radius 3 is 2.82 bits per heavy atom. The molecule has 0 aliphatic rings. The van der Waals surface area contributed by atoms with Gasteiger partial charge in [0.15, 0.2) is 12.7 Å². The molecule has 0 radical (unpaired) electrons. The van der Waals surface area contributed by atoms with Gasteiger partial charge >= 0.3 is 0 Å². The monoisotopic (exact) mass is 256 g/mol. The van der Waals surface area contributed by atoms with Crippen LogP contribution in [-0.2, 0) is 16.7 Å². The lowest BCUT2D eigenvalue weighted by Crippen LogP contribution is -2.40. The minimum atomic E-state index is -4.27. The number of benzene rings is 1. The molecule has 0 unspecified atom stereocenters. The van der Waals surface area contributed by atoms with Crippen molar-refractivity contribution in [3.8, 4) is 0 Å². The van der Waals surface area contributed by atoms with E-state index in [-0.39, 0.29) is 6.54 Å². The van der Waals surface area contributed by atoms with E-state index in [2.05, 4.69) is 5.10 Å². The Kier molecular flexibility index (Phi) is 3.03. The van der Waals surface area contributed by atoms with Gasteiger partial charge in [0.05, 0.1) is 5.75 Å². The van der Waals surface area contributed by atoms with Crippen molar-refractivity contribution in [1.82, 2.24) is 5.10 Å². The summed E-state index contributed by atoms with van der Waals surface area (Å²) in [6.45, 7) is -0.0434. The van der Waals surface area contributed by atoms with Crippen molar-refractivity contribution in [3.63, 3.8) is 0 Å². The smallest absolute Gasteiger partial charge is 0.197 e. The molecule has 7 heteroatoms. The summed E-state index contributed by atoms with van der Waals surface area (Å²) in [6.07, 6.45) is 1.44. The van der Waals surface area contributed by atoms with Crippen molar-refractivity contribution in [2.75, 3.05) is 5.75 Å². The maximum atomic E-state index is 13.3. The molecule has 0 fully saturated rings. The van der Waals surface area contributed by atoms with Gasteiger partial charge in [0.1, 0.15) is 21.5 Å². The van der Waals surface area contributed by atoms with Crippen molar-refractivity contribution >= 4 is 21.0 Å². The molecule has 1 aromatic carbocycles. The predicted molar refractivity (Wildman–Crippen MR) is 56.5 cm³/mol. The summed E-state index contributed by atoms with van der Waals surface area (Å²) in [6, 6.07) is 5.94. The molecule has 0 N–H and O–H groups in total. The first kappa shape index (κ1) is 11.9. The molecule has 17 heavy (non-hydrogen) atoms. The third kappa shape index (κ3) is 2.95. The average Bonchev–Trinajstić information content (AvgIpc) is 2.26. The van der Waals surface area contributed by atoms with Crippen LogP contribution in [0.4, 0.5) is 4.39 Å². The molecule has 2 rings (SSSR count). The second-order valence-electron chi connectivity index (χ2n) is 3.51. The molecule has 0 amide bonds. The van der Waals surface area contributed by atoms with Crippen LogP contribution in [0.2, 0.25) is 0 Å². The molecule has 1 aromatic heterocycles. The van der Waals surface area contributed by atoms with Gasteiger partial charge in [-0.1, -0.05) is 10.7 Å². The minimum Gasteiger partial charge on any atom is -0.748 e. The Balaban J connectivity index is 2.32. The summed E-state index contributed by atoms with van der Waals surface area (Å²) >= 11 is 0. The molecular weight excluding hydrogens is 247 g/mol. The zero-order valence-electron chi connectivity index (χ0n) is 8.71. The maximum absolute atomic E-state index is 13.3. The first-order valence-corrected chi connectivity index (χ1v) is 6.42. The Labute approximate surface area is 97.3 Å². The Hall–Kier alpha value is -1.60. The lowest BCUT2D eigenvalue weighted by Gasteiger charge is -2.02. The summed E-state index contributed by atoms with van der Waals surface area (Å²) in [4.78, 5) is 0. The molecule has 90 valence electrons. The first-order chi connectivity index (χ1) is 7.96. The Morgan fingerprint density at radius 2 is 2.12 bits per heavy atom. The fourth-order valence-corrected chi connectivity index (χ4v) is 1.85. The van der Waals surface area contributed by atoms with Crippen LogP contribution >= 0.6 is 0 Å². The van der Waals surface area contributed by atoms with E-state index in [4.69, 9.17) is 0 Å². The number of hydrogen-bond acceptors (Lipinski definition) is 4. The Morgan fingerprint density at radius 1 is 1.35 bits per heavy atom. The van der Waals surface area contributed by atoms with E-state index in [1.54, 1.807) is 6.07 Å². The maximum Gasteiger partial charge on any atom is 0.197 e. The fourth-order valence-electron chi connectivity index (χ4n) is 1.44. The number of rotatable bonds is 3. The zero-order chi connectivity index (χ0) is 12.5. The third-order valence-electron chi connectivity index (χ3n) is 2.25. The normalized spacial score (nSPS) is 11.9. The van der Waals surface area contributed by atoms with Crippen LogP contribution in [0, 0.1) is 5.82 Å². The van der Waals surface area contributed by atoms with Gasteiger partial charge < -0.3 is 4.55 Å². The van der Waals surface area contributed by atoms with Crippen molar-refractivity contribution in [1.29, 1.82) is 0 Å². The summed E-state index contributed by atoms with van der Waals surface area (Å²) in [5, 5.41) is 4.37. The van der Waals surface area contributed by atoms with Crippen molar-refractivity contribution in [2.45, 2.75) is 6.54 Å². The van der Waals surface area contributed by atoms with E-state index in [0.29, 0.717) is 10.9 Å². The topological polar surface area (TPSA) is 74.0 Å². The van der Waals surface area contributed by atoms with E-state index in [1.165, 1.54) is 29.1 Å². The quantitative estimate of drug-likeness (QED) is 0.581. The predicted octanol–water partition coefficient (Wildman–Crippen LogP) is 0.207. The van der Waals surface area contributed by atoms with Gasteiger partial charge in [-0.3, -0.25) is 0 Å². The average molecular weight is 256 g/mol. The van der Waals surface area contributed by atoms with Gasteiger partial charge in [0, 0.05) is 16.6 Å². The van der Waals surface area contributed by atoms with Crippen molar-refractivity contribution < 1.29 is 22.0 Å². The molecule has 0 spiro atoms. The highest BCUT2D eigenvalue weighted by atomic mass is 32.2. The van der Waals surface area contributed by atoms with Crippen LogP contribution in [0.5, 0.6) is 0 Å². The number of hydrogen-bond donors (Lipinski definition) is 0. The molecule has 0 aliphatic carbocycles. The number of halogens is 1. The first-order valence-electron chi connectivity index (χ1n) is 4.84. The van der Waals surface area contributed by atoms with Gasteiger partial charge in [-0.15, -0.1) is 0 Å². The highest BCUT2D eigenvalue weighted by Gasteiger charge is 2.09. The minimum absolute atomic E-state index is 0.0434. The molecule has 0 bridgehead atoms. The van der Waals surface area contributed by atoms with E-state index in [0.717, 1.165) is 0 Å². The van der Waals surface area contributed by atoms with Crippen LogP contribution in [0.3, 0.4) is 0 Å². The van der Waals surface area contributed by atoms with E-state index >= 15 is 0 Å². The zero-order valence-corrected chi connectivity index (χ0v) is 9.52. The molecule has 0 atom stereocenters. The lowest BCUT2D eigenvalue weighted by atomic mass is 10.2. The van der Waals surface area contributed by atoms with Gasteiger partial charge in [0.2, 0.25) is 0 Å².